The van der Waals surface area contributed by atoms with Crippen LogP contribution in [0.25, 0.3) is 5.57 Å². The average Bonchev–Trinajstić information content (AvgIpc) is 3.51. The van der Waals surface area contributed by atoms with Crippen LogP contribution in [0, 0.1) is 0 Å². The summed E-state index contributed by atoms with van der Waals surface area (Å²) < 4.78 is 81.0. The summed E-state index contributed by atoms with van der Waals surface area (Å²) in [7, 11) is -9.31. The van der Waals surface area contributed by atoms with Crippen molar-refractivity contribution < 1.29 is 49.8 Å². The monoisotopic (exact) mass is 1040 g/mol. The van der Waals surface area contributed by atoms with Crippen molar-refractivity contribution in [2.75, 3.05) is 102 Å². The molecule has 7 rings (SSSR count). The largest absolute Gasteiger partial charge is 0.744 e. The number of fused-ring (bicyclic) bond motifs is 2. The van der Waals surface area contributed by atoms with E-state index >= 15 is 0 Å². The Balaban J connectivity index is 0.756. The van der Waals surface area contributed by atoms with Gasteiger partial charge in [0.1, 0.15) is 23.2 Å². The van der Waals surface area contributed by atoms with Crippen molar-refractivity contribution in [3.8, 4) is 0 Å². The van der Waals surface area contributed by atoms with Gasteiger partial charge in [-0.2, -0.15) is 0 Å². The molecule has 1 fully saturated rings. The average molecular weight is 1040 g/mol. The molecule has 1 aromatic heterocycles. The number of benzene rings is 3. The fourth-order valence-corrected chi connectivity index (χ4v) is 10.7. The first kappa shape index (κ1) is 54.5. The number of unbranched alkanes of at least 4 members (excludes halogenated alkanes) is 2. The molecule has 0 atom stereocenters. The Labute approximate surface area is 428 Å². The van der Waals surface area contributed by atoms with Crippen molar-refractivity contribution in [1.82, 2.24) is 24.8 Å². The minimum atomic E-state index is -5.12. The van der Waals surface area contributed by atoms with Gasteiger partial charge in [0, 0.05) is 76.1 Å². The molecule has 0 radical (unpaired) electrons. The number of allylic oxidation sites excluding steroid dienone is 5. The second-order valence-corrected chi connectivity index (χ2v) is 20.7. The number of carbonyl (C=O) groups excluding carboxylic acids is 3. The Hall–Kier alpha value is -6.23. The molecule has 0 saturated carbocycles. The third-order valence-corrected chi connectivity index (χ3v) is 15.1. The first-order chi connectivity index (χ1) is 35.3. The van der Waals surface area contributed by atoms with E-state index < -0.39 is 25.0 Å². The normalized spacial score (nSPS) is 15.1. The third kappa shape index (κ3) is 14.7. The lowest BCUT2D eigenvalue weighted by Gasteiger charge is -2.35. The first-order valence-corrected chi connectivity index (χ1v) is 27.6. The minimum absolute atomic E-state index is 0.0492. The van der Waals surface area contributed by atoms with Crippen molar-refractivity contribution in [2.45, 2.75) is 49.3 Å². The molecule has 18 nitrogen and oxygen atoms in total. The van der Waals surface area contributed by atoms with Crippen molar-refractivity contribution in [1.29, 1.82) is 0 Å². The van der Waals surface area contributed by atoms with Crippen molar-refractivity contribution in [3.05, 3.63) is 138 Å². The van der Waals surface area contributed by atoms with Crippen molar-refractivity contribution in [3.63, 3.8) is 0 Å². The molecule has 73 heavy (non-hydrogen) atoms. The minimum Gasteiger partial charge on any atom is -0.744 e. The number of ether oxygens (including phenoxy) is 2. The van der Waals surface area contributed by atoms with Gasteiger partial charge in [0.15, 0.2) is 11.5 Å². The van der Waals surface area contributed by atoms with Crippen molar-refractivity contribution in [2.24, 2.45) is 0 Å². The number of pyridine rings is 1. The number of nitrogens with zero attached hydrogens (tertiary/aromatic N) is 5. The Bertz CT molecular complexity index is 2930. The third-order valence-electron chi connectivity index (χ3n) is 12.7. The molecule has 4 aromatic rings. The van der Waals surface area contributed by atoms with E-state index in [-0.39, 0.29) is 47.7 Å². The lowest BCUT2D eigenvalue weighted by molar-refractivity contribution is -0.519. The maximum Gasteiger partial charge on any atom is 0.257 e. The number of aromatic nitrogens is 1. The summed E-state index contributed by atoms with van der Waals surface area (Å²) in [6, 6.07) is 23.1. The number of nitrogens with one attached hydrogen (secondary N) is 3. The van der Waals surface area contributed by atoms with E-state index in [1.165, 1.54) is 17.0 Å². The SMILES string of the molecule is CC[N+](CC)=C1C=CC(=C(c2ccccc2)c2ccc(S(=O)(=O)NCCCCCC(=O)NCCOCCOCCN3CCN(CC(=O)N4c5ccccc5C(=O)Nc5cccnc54)CC3)cc2S(=O)(=O)[O-])C=C1. The molecule has 3 N–H and O–H groups in total. The van der Waals surface area contributed by atoms with Gasteiger partial charge in [-0.05, 0) is 91.9 Å². The van der Waals surface area contributed by atoms with Crippen LogP contribution in [0.4, 0.5) is 17.2 Å². The number of hydrogen-bond donors (Lipinski definition) is 3. The number of rotatable bonds is 24. The summed E-state index contributed by atoms with van der Waals surface area (Å²) in [5.74, 6) is -0.204. The first-order valence-electron chi connectivity index (χ1n) is 24.7. The Morgan fingerprint density at radius 2 is 1.48 bits per heavy atom. The van der Waals surface area contributed by atoms with E-state index in [9.17, 15) is 35.8 Å². The van der Waals surface area contributed by atoms with Crippen LogP contribution >= 0.6 is 0 Å². The van der Waals surface area contributed by atoms with E-state index in [4.69, 9.17) is 9.47 Å². The standard InChI is InChI=1S/C53H64N8O10S2/c1-3-60(4-2)42-22-20-41(21-23-42)51(40-14-7-5-8-15-40)45-25-24-43(38-48(45)73(67,68)69)72(65,66)56-27-12-6-9-19-49(62)54-28-34-70-36-37-71-35-33-58-29-31-59(32-30-58)39-50(63)61-47-18-11-10-16-44(47)53(64)57-46-17-13-26-55-52(46)61/h5,7-8,10-11,13-18,20-26,38,56H,3-4,6,9,12,19,27-37,39H2,1-2H3,(H2-,54,57,62,64,67,68,69). The molecule has 388 valence electrons. The molecule has 0 bridgehead atoms. The van der Waals surface area contributed by atoms with Crippen LogP contribution in [0.5, 0.6) is 0 Å². The van der Waals surface area contributed by atoms with Gasteiger partial charge >= 0.3 is 0 Å². The number of para-hydroxylation sites is 1. The second kappa shape index (κ2) is 26.1. The van der Waals surface area contributed by atoms with E-state index in [1.807, 2.05) is 30.4 Å². The number of hydrogen-bond acceptors (Lipinski definition) is 13. The molecule has 3 heterocycles. The number of sulfonamides is 1. The van der Waals surface area contributed by atoms with Gasteiger partial charge < -0.3 is 24.7 Å². The summed E-state index contributed by atoms with van der Waals surface area (Å²) >= 11 is 0. The van der Waals surface area contributed by atoms with Crippen LogP contribution in [-0.2, 0) is 39.2 Å². The number of amides is 3. The molecule has 2 aliphatic heterocycles. The fourth-order valence-electron chi connectivity index (χ4n) is 8.86. The number of anilines is 3. The van der Waals surface area contributed by atoms with Gasteiger partial charge in [-0.25, -0.2) is 31.1 Å². The van der Waals surface area contributed by atoms with E-state index in [0.717, 1.165) is 44.5 Å². The van der Waals surface area contributed by atoms with E-state index in [2.05, 4.69) is 48.6 Å². The highest BCUT2D eigenvalue weighted by atomic mass is 32.2. The molecule has 0 unspecified atom stereocenters. The van der Waals surface area contributed by atoms with Crippen LogP contribution < -0.4 is 20.3 Å². The predicted molar refractivity (Wildman–Crippen MR) is 278 cm³/mol. The van der Waals surface area contributed by atoms with Crippen LogP contribution in [-0.4, -0.2) is 156 Å². The number of piperazine rings is 1. The lowest BCUT2D eigenvalue weighted by atomic mass is 9.91. The highest BCUT2D eigenvalue weighted by molar-refractivity contribution is 7.89. The van der Waals surface area contributed by atoms with E-state index in [1.54, 1.807) is 66.9 Å². The predicted octanol–water partition coefficient (Wildman–Crippen LogP) is 4.94. The maximum absolute atomic E-state index is 13.8. The molecular weight excluding hydrogens is 973 g/mol. The molecule has 0 spiro atoms. The number of carbonyl (C=O) groups is 3. The zero-order chi connectivity index (χ0) is 51.8. The molecule has 1 saturated heterocycles. The Morgan fingerprint density at radius 1 is 0.781 bits per heavy atom. The van der Waals surface area contributed by atoms with Gasteiger partial charge in [0.05, 0.1) is 59.7 Å². The zero-order valence-electron chi connectivity index (χ0n) is 41.3. The summed E-state index contributed by atoms with van der Waals surface area (Å²) in [6.07, 6.45) is 11.0. The Morgan fingerprint density at radius 3 is 2.21 bits per heavy atom. The van der Waals surface area contributed by atoms with Crippen LogP contribution in [0.3, 0.4) is 0 Å². The topological polar surface area (TPSA) is 223 Å². The summed E-state index contributed by atoms with van der Waals surface area (Å²) in [5, 5.41) is 5.69. The van der Waals surface area contributed by atoms with Gasteiger partial charge in [0.2, 0.25) is 21.8 Å². The van der Waals surface area contributed by atoms with E-state index in [0.29, 0.717) is 105 Å². The van der Waals surface area contributed by atoms with Crippen molar-refractivity contribution >= 4 is 66.3 Å². The highest BCUT2D eigenvalue weighted by Gasteiger charge is 2.32. The fraction of sp³-hybridized carbons (Fsp3) is 0.377. The maximum atomic E-state index is 13.8. The van der Waals surface area contributed by atoms with Gasteiger partial charge in [-0.1, -0.05) is 55.0 Å². The van der Waals surface area contributed by atoms with Crippen LogP contribution in [0.2, 0.25) is 0 Å². The lowest BCUT2D eigenvalue weighted by Crippen LogP contribution is -2.50. The van der Waals surface area contributed by atoms with Gasteiger partial charge in [-0.15, -0.1) is 0 Å². The van der Waals surface area contributed by atoms with Gasteiger partial charge in [0.25, 0.3) is 5.91 Å². The summed E-state index contributed by atoms with van der Waals surface area (Å²) in [6.45, 7) is 11.6. The van der Waals surface area contributed by atoms with Gasteiger partial charge in [-0.3, -0.25) is 29.1 Å². The second-order valence-electron chi connectivity index (χ2n) is 17.5. The summed E-state index contributed by atoms with van der Waals surface area (Å²) in [5.41, 5.74) is 4.28. The zero-order valence-corrected chi connectivity index (χ0v) is 43.0. The molecule has 3 aliphatic rings. The molecule has 3 aromatic carbocycles. The van der Waals surface area contributed by atoms with Crippen LogP contribution in [0.15, 0.2) is 131 Å². The quantitative estimate of drug-likeness (QED) is 0.0481. The molecule has 3 amide bonds. The van der Waals surface area contributed by atoms with Crippen LogP contribution in [0.1, 0.15) is 61.0 Å². The molecule has 20 heteroatoms. The molecular formula is C53H64N8O10S2. The summed E-state index contributed by atoms with van der Waals surface area (Å²) in [4.78, 5) is 48.5. The smallest absolute Gasteiger partial charge is 0.257 e. The Kier molecular flexibility index (Phi) is 19.5. The highest BCUT2D eigenvalue weighted by Crippen LogP contribution is 2.37. The molecule has 1 aliphatic carbocycles.